The minimum absolute atomic E-state index is 0.425. The fourth-order valence-electron chi connectivity index (χ4n) is 1.61. The Bertz CT molecular complexity index is 664. The molecule has 2 aromatic heterocycles. The van der Waals surface area contributed by atoms with Crippen molar-refractivity contribution >= 4 is 51.5 Å². The Hall–Kier alpha value is -1.18. The van der Waals surface area contributed by atoms with E-state index in [1.807, 2.05) is 6.92 Å². The smallest absolute Gasteiger partial charge is 0.423 e. The molecular weight excluding hydrogens is 322 g/mol. The maximum atomic E-state index is 8.78. The molecule has 0 bridgehead atoms. The predicted molar refractivity (Wildman–Crippen MR) is 91.9 cm³/mol. The van der Waals surface area contributed by atoms with E-state index in [1.54, 1.807) is 19.1 Å². The van der Waals surface area contributed by atoms with Crippen molar-refractivity contribution in [3.8, 4) is 0 Å². The van der Waals surface area contributed by atoms with Crippen molar-refractivity contribution in [3.05, 3.63) is 39.6 Å². The van der Waals surface area contributed by atoms with Crippen molar-refractivity contribution in [2.45, 2.75) is 20.4 Å². The van der Waals surface area contributed by atoms with E-state index >= 15 is 0 Å². The second-order valence-corrected chi connectivity index (χ2v) is 6.69. The molecule has 0 saturated heterocycles. The van der Waals surface area contributed by atoms with Gasteiger partial charge in [0.2, 0.25) is 5.00 Å². The van der Waals surface area contributed by atoms with Gasteiger partial charge < -0.3 is 25.8 Å². The molecule has 0 aromatic carbocycles. The third-order valence-electron chi connectivity index (χ3n) is 2.75. The maximum Gasteiger partial charge on any atom is 0.499 e. The summed E-state index contributed by atoms with van der Waals surface area (Å²) in [5.74, 6) is 0. The topological polar surface area (TPSA) is 111 Å². The van der Waals surface area contributed by atoms with Gasteiger partial charge in [0.1, 0.15) is 0 Å². The molecule has 2 heterocycles. The van der Waals surface area contributed by atoms with E-state index in [4.69, 9.17) is 32.4 Å². The van der Waals surface area contributed by atoms with Gasteiger partial charge in [0.05, 0.1) is 6.57 Å². The number of aryl methyl sites for hydroxylation is 2. The predicted octanol–water partition coefficient (Wildman–Crippen LogP) is -0.518. The van der Waals surface area contributed by atoms with Gasteiger partial charge in [0, 0.05) is 21.0 Å². The standard InChI is InChI=1S/C6H6BNO2S.C6H10BNO2S/c1-4-3-5(7(9)10)11-6(4)8-2;1-4-2-6(7(9)10)11-5(4)3-8/h3,9-10H,1H3;2,9-10H,3,8H2,1H3. The molecule has 0 amide bonds. The van der Waals surface area contributed by atoms with Crippen LogP contribution in [0, 0.1) is 20.4 Å². The van der Waals surface area contributed by atoms with Crippen LogP contribution in [0.5, 0.6) is 0 Å². The minimum atomic E-state index is -1.45. The van der Waals surface area contributed by atoms with Crippen LogP contribution in [0.2, 0.25) is 0 Å². The first-order chi connectivity index (χ1) is 10.3. The summed E-state index contributed by atoms with van der Waals surface area (Å²) in [6.45, 7) is 10.9. The van der Waals surface area contributed by atoms with Crippen LogP contribution in [0.1, 0.15) is 16.0 Å². The molecule has 0 aliphatic heterocycles. The summed E-state index contributed by atoms with van der Waals surface area (Å²) in [6, 6.07) is 3.36. The summed E-state index contributed by atoms with van der Waals surface area (Å²) in [7, 11) is -2.81. The molecule has 0 unspecified atom stereocenters. The van der Waals surface area contributed by atoms with Gasteiger partial charge >= 0.3 is 14.2 Å². The Labute approximate surface area is 137 Å². The Balaban J connectivity index is 0.000000220. The average Bonchev–Trinajstić information content (AvgIpc) is 3.02. The second-order valence-electron chi connectivity index (χ2n) is 4.46. The number of nitrogens with two attached hydrogens (primary N) is 1. The van der Waals surface area contributed by atoms with Crippen molar-refractivity contribution < 1.29 is 20.1 Å². The molecular formula is C12H16B2N2O4S2. The summed E-state index contributed by atoms with van der Waals surface area (Å²) in [4.78, 5) is 4.23. The van der Waals surface area contributed by atoms with Crippen molar-refractivity contribution in [1.82, 2.24) is 0 Å². The molecule has 0 spiro atoms. The molecule has 116 valence electrons. The zero-order valence-corrected chi connectivity index (χ0v) is 13.8. The van der Waals surface area contributed by atoms with Gasteiger partial charge in [0.25, 0.3) is 0 Å². The van der Waals surface area contributed by atoms with Crippen molar-refractivity contribution in [2.75, 3.05) is 0 Å². The fourth-order valence-corrected chi connectivity index (χ4v) is 3.37. The van der Waals surface area contributed by atoms with Crippen LogP contribution in [-0.2, 0) is 6.54 Å². The average molecular weight is 338 g/mol. The highest BCUT2D eigenvalue weighted by Gasteiger charge is 2.16. The van der Waals surface area contributed by atoms with Crippen LogP contribution in [0.15, 0.2) is 12.1 Å². The Morgan fingerprint density at radius 1 is 1.05 bits per heavy atom. The molecule has 0 atom stereocenters. The van der Waals surface area contributed by atoms with Crippen LogP contribution in [-0.4, -0.2) is 34.3 Å². The molecule has 0 radical (unpaired) electrons. The lowest BCUT2D eigenvalue weighted by molar-refractivity contribution is 0.425. The summed E-state index contributed by atoms with van der Waals surface area (Å²) < 4.78 is 0.983. The van der Waals surface area contributed by atoms with E-state index in [1.165, 1.54) is 11.3 Å². The van der Waals surface area contributed by atoms with Gasteiger partial charge in [-0.3, -0.25) is 0 Å². The number of hydrogen-bond donors (Lipinski definition) is 5. The Morgan fingerprint density at radius 3 is 1.82 bits per heavy atom. The molecule has 0 fully saturated rings. The van der Waals surface area contributed by atoms with Gasteiger partial charge in [-0.2, -0.15) is 11.3 Å². The Morgan fingerprint density at radius 2 is 1.55 bits per heavy atom. The molecule has 0 saturated carbocycles. The van der Waals surface area contributed by atoms with Gasteiger partial charge in [-0.1, -0.05) is 6.07 Å². The highest BCUT2D eigenvalue weighted by atomic mass is 32.1. The Kier molecular flexibility index (Phi) is 7.25. The summed E-state index contributed by atoms with van der Waals surface area (Å²) in [6.07, 6.45) is 0. The zero-order chi connectivity index (χ0) is 16.9. The molecule has 22 heavy (non-hydrogen) atoms. The van der Waals surface area contributed by atoms with Crippen molar-refractivity contribution in [1.29, 1.82) is 0 Å². The van der Waals surface area contributed by atoms with Crippen LogP contribution < -0.4 is 15.3 Å². The SMILES string of the molecule is Cc1cc(B(O)O)sc1CN.[C-]#[N+]c1sc(B(O)O)cc1C. The summed E-state index contributed by atoms with van der Waals surface area (Å²) in [5.41, 5.74) is 7.24. The molecule has 6 N–H and O–H groups in total. The largest absolute Gasteiger partial charge is 0.499 e. The van der Waals surface area contributed by atoms with Crippen molar-refractivity contribution in [2.24, 2.45) is 5.73 Å². The van der Waals surface area contributed by atoms with E-state index < -0.39 is 14.2 Å². The normalized spacial score (nSPS) is 9.73. The van der Waals surface area contributed by atoms with E-state index in [9.17, 15) is 0 Å². The van der Waals surface area contributed by atoms with Crippen LogP contribution in [0.3, 0.4) is 0 Å². The van der Waals surface area contributed by atoms with Gasteiger partial charge in [0.15, 0.2) is 0 Å². The monoisotopic (exact) mass is 338 g/mol. The third kappa shape index (κ3) is 4.93. The maximum absolute atomic E-state index is 8.78. The summed E-state index contributed by atoms with van der Waals surface area (Å²) in [5, 5.41) is 35.5. The van der Waals surface area contributed by atoms with E-state index in [0.29, 0.717) is 21.1 Å². The van der Waals surface area contributed by atoms with Gasteiger partial charge in [-0.25, -0.2) is 4.85 Å². The van der Waals surface area contributed by atoms with Crippen LogP contribution in [0.4, 0.5) is 5.00 Å². The van der Waals surface area contributed by atoms with Crippen LogP contribution in [0.25, 0.3) is 4.85 Å². The molecule has 2 aromatic rings. The number of nitrogens with zero attached hydrogens (tertiary/aromatic N) is 1. The molecule has 2 rings (SSSR count). The van der Waals surface area contributed by atoms with Gasteiger partial charge in [-0.15, -0.1) is 11.3 Å². The van der Waals surface area contributed by atoms with Crippen LogP contribution >= 0.6 is 22.7 Å². The first kappa shape index (κ1) is 18.9. The van der Waals surface area contributed by atoms with E-state index in [0.717, 1.165) is 27.3 Å². The van der Waals surface area contributed by atoms with E-state index in [-0.39, 0.29) is 0 Å². The lowest BCUT2D eigenvalue weighted by Crippen LogP contribution is -2.26. The summed E-state index contributed by atoms with van der Waals surface area (Å²) >= 11 is 2.46. The van der Waals surface area contributed by atoms with Gasteiger partial charge in [-0.05, 0) is 31.0 Å². The number of hydrogen-bond acceptors (Lipinski definition) is 7. The van der Waals surface area contributed by atoms with Crippen molar-refractivity contribution in [3.63, 3.8) is 0 Å². The molecule has 0 aliphatic carbocycles. The number of rotatable bonds is 3. The van der Waals surface area contributed by atoms with E-state index in [2.05, 4.69) is 4.85 Å². The number of thiophene rings is 2. The third-order valence-corrected chi connectivity index (χ3v) is 5.22. The molecule has 0 aliphatic rings. The molecule has 6 nitrogen and oxygen atoms in total. The quantitative estimate of drug-likeness (QED) is 0.382. The fraction of sp³-hybridized carbons (Fsp3) is 0.250. The molecule has 10 heteroatoms. The zero-order valence-electron chi connectivity index (χ0n) is 12.1. The lowest BCUT2D eigenvalue weighted by atomic mass is 9.89. The highest BCUT2D eigenvalue weighted by molar-refractivity contribution is 7.25. The second kappa shape index (κ2) is 8.45. The minimum Gasteiger partial charge on any atom is -0.423 e. The lowest BCUT2D eigenvalue weighted by Gasteiger charge is -1.89. The first-order valence-corrected chi connectivity index (χ1v) is 7.92. The first-order valence-electron chi connectivity index (χ1n) is 6.29. The highest BCUT2D eigenvalue weighted by Crippen LogP contribution is 2.23.